The Morgan fingerprint density at radius 2 is 2.21 bits per heavy atom. The Bertz CT molecular complexity index is 757. The highest BCUT2D eigenvalue weighted by Gasteiger charge is 2.48. The van der Waals surface area contributed by atoms with Gasteiger partial charge < -0.3 is 4.90 Å². The molecule has 1 aromatic heterocycles. The van der Waals surface area contributed by atoms with Gasteiger partial charge in [-0.05, 0) is 49.3 Å². The van der Waals surface area contributed by atoms with Crippen LogP contribution in [0, 0.1) is 18.7 Å². The van der Waals surface area contributed by atoms with Crippen molar-refractivity contribution < 1.29 is 9.18 Å². The molecule has 24 heavy (non-hydrogen) atoms. The van der Waals surface area contributed by atoms with Crippen molar-refractivity contribution >= 4 is 5.91 Å². The van der Waals surface area contributed by atoms with Gasteiger partial charge in [0.05, 0.1) is 18.8 Å². The van der Waals surface area contributed by atoms with Crippen LogP contribution in [0.1, 0.15) is 36.3 Å². The zero-order valence-electron chi connectivity index (χ0n) is 13.9. The molecule has 1 saturated heterocycles. The number of hydrogen-bond acceptors (Lipinski definition) is 2. The minimum atomic E-state index is -0.192. The summed E-state index contributed by atoms with van der Waals surface area (Å²) in [6.07, 6.45) is 6.68. The normalized spacial score (nSPS) is 25.9. The third kappa shape index (κ3) is 2.83. The van der Waals surface area contributed by atoms with E-state index in [0.717, 1.165) is 37.9 Å². The first-order chi connectivity index (χ1) is 11.6. The molecule has 0 bridgehead atoms. The molecule has 1 saturated carbocycles. The lowest BCUT2D eigenvalue weighted by Gasteiger charge is -2.25. The van der Waals surface area contributed by atoms with Crippen molar-refractivity contribution in [2.75, 3.05) is 6.54 Å². The lowest BCUT2D eigenvalue weighted by atomic mass is 10.1. The number of carbonyl (C=O) groups excluding carboxylic acids is 1. The summed E-state index contributed by atoms with van der Waals surface area (Å²) >= 11 is 0. The second-order valence-corrected chi connectivity index (χ2v) is 7.04. The molecule has 1 aliphatic heterocycles. The molecule has 2 heterocycles. The van der Waals surface area contributed by atoms with Crippen LogP contribution in [-0.2, 0) is 11.3 Å². The monoisotopic (exact) mass is 327 g/mol. The van der Waals surface area contributed by atoms with Crippen LogP contribution >= 0.6 is 0 Å². The number of likely N-dealkylation sites (tertiary alicyclic amines) is 1. The van der Waals surface area contributed by atoms with E-state index in [1.807, 2.05) is 35.0 Å². The van der Waals surface area contributed by atoms with Gasteiger partial charge in [0.25, 0.3) is 0 Å². The summed E-state index contributed by atoms with van der Waals surface area (Å²) < 4.78 is 15.8. The predicted octanol–water partition coefficient (Wildman–Crippen LogP) is 3.13. The van der Waals surface area contributed by atoms with E-state index in [1.165, 1.54) is 6.07 Å². The average Bonchev–Trinajstić information content (AvgIpc) is 3.04. The highest BCUT2D eigenvalue weighted by Crippen LogP contribution is 2.49. The number of aromatic nitrogens is 2. The molecule has 0 unspecified atom stereocenters. The molecule has 0 N–H and O–H groups in total. The van der Waals surface area contributed by atoms with E-state index in [4.69, 9.17) is 0 Å². The third-order valence-electron chi connectivity index (χ3n) is 5.23. The predicted molar refractivity (Wildman–Crippen MR) is 88.9 cm³/mol. The van der Waals surface area contributed by atoms with Crippen LogP contribution < -0.4 is 0 Å². The zero-order valence-corrected chi connectivity index (χ0v) is 13.9. The first-order valence-corrected chi connectivity index (χ1v) is 8.67. The molecule has 0 radical (unpaired) electrons. The number of aryl methyl sites for hydroxylation is 1. The highest BCUT2D eigenvalue weighted by molar-refractivity contribution is 5.83. The van der Waals surface area contributed by atoms with Crippen LogP contribution in [0.25, 0.3) is 0 Å². The maximum atomic E-state index is 13.9. The molecule has 1 aromatic carbocycles. The molecule has 4 nitrogen and oxygen atoms in total. The quantitative estimate of drug-likeness (QED) is 0.865. The molecule has 2 aliphatic rings. The van der Waals surface area contributed by atoms with Gasteiger partial charge in [-0.3, -0.25) is 9.48 Å². The van der Waals surface area contributed by atoms with Gasteiger partial charge in [-0.1, -0.05) is 18.2 Å². The van der Waals surface area contributed by atoms with Gasteiger partial charge in [0.2, 0.25) is 5.91 Å². The van der Waals surface area contributed by atoms with Crippen LogP contribution in [0.2, 0.25) is 0 Å². The fraction of sp³-hybridized carbons (Fsp3) is 0.474. The summed E-state index contributed by atoms with van der Waals surface area (Å²) in [6.45, 7) is 3.57. The fourth-order valence-corrected chi connectivity index (χ4v) is 3.90. The van der Waals surface area contributed by atoms with E-state index in [9.17, 15) is 9.18 Å². The number of amides is 1. The smallest absolute Gasteiger partial charge is 0.226 e. The summed E-state index contributed by atoms with van der Waals surface area (Å²) in [5.74, 6) is -0.00817. The molecule has 4 rings (SSSR count). The Hall–Kier alpha value is -2.17. The lowest BCUT2D eigenvalue weighted by Crippen LogP contribution is -2.39. The van der Waals surface area contributed by atoms with Crippen molar-refractivity contribution in [2.24, 2.45) is 5.92 Å². The van der Waals surface area contributed by atoms with Crippen molar-refractivity contribution in [2.45, 2.75) is 44.7 Å². The summed E-state index contributed by atoms with van der Waals surface area (Å²) in [5, 5.41) is 4.34. The number of benzene rings is 1. The first-order valence-electron chi connectivity index (χ1n) is 8.67. The number of hydrogen-bond donors (Lipinski definition) is 0. The van der Waals surface area contributed by atoms with Crippen LogP contribution in [0.15, 0.2) is 36.7 Å². The summed E-state index contributed by atoms with van der Waals surface area (Å²) in [5.41, 5.74) is 1.82. The van der Waals surface area contributed by atoms with Crippen molar-refractivity contribution in [1.29, 1.82) is 0 Å². The molecule has 2 aromatic rings. The molecular formula is C19H22FN3O. The fourth-order valence-electron chi connectivity index (χ4n) is 3.90. The van der Waals surface area contributed by atoms with Gasteiger partial charge in [-0.2, -0.15) is 5.10 Å². The average molecular weight is 327 g/mol. The molecule has 5 heteroatoms. The van der Waals surface area contributed by atoms with Gasteiger partial charge in [0.15, 0.2) is 0 Å². The number of rotatable bonds is 4. The van der Waals surface area contributed by atoms with Crippen molar-refractivity contribution in [3.05, 3.63) is 53.6 Å². The van der Waals surface area contributed by atoms with E-state index in [1.54, 1.807) is 12.1 Å². The Morgan fingerprint density at radius 1 is 1.38 bits per heavy atom. The Balaban J connectivity index is 1.43. The SMILES string of the molecule is Cc1cnn(C[C@@H]2CCCN2C(=O)[C@H]2C[C@H]2c2ccccc2F)c1. The van der Waals surface area contributed by atoms with Crippen LogP contribution in [0.3, 0.4) is 0 Å². The van der Waals surface area contributed by atoms with Crippen LogP contribution in [0.4, 0.5) is 4.39 Å². The molecule has 2 fully saturated rings. The molecule has 126 valence electrons. The van der Waals surface area contributed by atoms with Crippen molar-refractivity contribution in [1.82, 2.24) is 14.7 Å². The number of carbonyl (C=O) groups is 1. The maximum Gasteiger partial charge on any atom is 0.226 e. The minimum Gasteiger partial charge on any atom is -0.338 e. The molecule has 0 spiro atoms. The third-order valence-corrected chi connectivity index (χ3v) is 5.23. The molecular weight excluding hydrogens is 305 g/mol. The van der Waals surface area contributed by atoms with Crippen LogP contribution in [0.5, 0.6) is 0 Å². The van der Waals surface area contributed by atoms with Gasteiger partial charge in [-0.15, -0.1) is 0 Å². The Labute approximate surface area is 141 Å². The van der Waals surface area contributed by atoms with Crippen LogP contribution in [-0.4, -0.2) is 33.2 Å². The highest BCUT2D eigenvalue weighted by atomic mass is 19.1. The van der Waals surface area contributed by atoms with E-state index < -0.39 is 0 Å². The topological polar surface area (TPSA) is 38.1 Å². The van der Waals surface area contributed by atoms with Gasteiger partial charge in [0, 0.05) is 18.7 Å². The Kier molecular flexibility index (Phi) is 3.87. The number of halogens is 1. The standard InChI is InChI=1S/C19H22FN3O/c1-13-10-21-22(11-13)12-14-5-4-8-23(14)19(24)17-9-16(17)15-6-2-3-7-18(15)20/h2-3,6-7,10-11,14,16-17H,4-5,8-9,12H2,1H3/t14-,16-,17-/m0/s1. The van der Waals surface area contributed by atoms with Gasteiger partial charge >= 0.3 is 0 Å². The first kappa shape index (κ1) is 15.4. The number of nitrogens with zero attached hydrogens (tertiary/aromatic N) is 3. The second kappa shape index (κ2) is 6.04. The minimum absolute atomic E-state index is 0.0481. The van der Waals surface area contributed by atoms with E-state index >= 15 is 0 Å². The Morgan fingerprint density at radius 3 is 2.96 bits per heavy atom. The molecule has 3 atom stereocenters. The largest absolute Gasteiger partial charge is 0.338 e. The summed E-state index contributed by atoms with van der Waals surface area (Å²) in [7, 11) is 0. The second-order valence-electron chi connectivity index (χ2n) is 7.04. The van der Waals surface area contributed by atoms with Gasteiger partial charge in [-0.25, -0.2) is 4.39 Å². The lowest BCUT2D eigenvalue weighted by molar-refractivity contribution is -0.133. The van der Waals surface area contributed by atoms with E-state index in [-0.39, 0.29) is 29.6 Å². The summed E-state index contributed by atoms with van der Waals surface area (Å²) in [4.78, 5) is 14.9. The van der Waals surface area contributed by atoms with Gasteiger partial charge in [0.1, 0.15) is 5.82 Å². The van der Waals surface area contributed by atoms with Crippen molar-refractivity contribution in [3.63, 3.8) is 0 Å². The molecule has 1 aliphatic carbocycles. The van der Waals surface area contributed by atoms with Crippen molar-refractivity contribution in [3.8, 4) is 0 Å². The maximum absolute atomic E-state index is 13.9. The van der Waals surface area contributed by atoms with E-state index in [0.29, 0.717) is 5.56 Å². The zero-order chi connectivity index (χ0) is 16.7. The summed E-state index contributed by atoms with van der Waals surface area (Å²) in [6, 6.07) is 7.03. The molecule has 1 amide bonds. The van der Waals surface area contributed by atoms with E-state index in [2.05, 4.69) is 5.10 Å².